The van der Waals surface area contributed by atoms with E-state index in [-0.39, 0.29) is 5.84 Å². The minimum atomic E-state index is -0.0278. The molecule has 18 heavy (non-hydrogen) atoms. The average molecular weight is 249 g/mol. The van der Waals surface area contributed by atoms with Gasteiger partial charge in [0.1, 0.15) is 11.5 Å². The van der Waals surface area contributed by atoms with Gasteiger partial charge >= 0.3 is 0 Å². The third-order valence-electron chi connectivity index (χ3n) is 2.75. The topological polar surface area (TPSA) is 72.0 Å². The van der Waals surface area contributed by atoms with Gasteiger partial charge < -0.3 is 10.5 Å². The summed E-state index contributed by atoms with van der Waals surface area (Å²) in [6.07, 6.45) is 7.44. The molecule has 0 saturated carbocycles. The Morgan fingerprint density at radius 1 is 1.22 bits per heavy atom. The number of hydrogen-bond acceptors (Lipinski definition) is 3. The second-order valence-corrected chi connectivity index (χ2v) is 4.39. The average Bonchev–Trinajstić information content (AvgIpc) is 2.38. The fraction of sp³-hybridized carbons (Fsp3) is 0.571. The van der Waals surface area contributed by atoms with Gasteiger partial charge in [-0.3, -0.25) is 5.41 Å². The summed E-state index contributed by atoms with van der Waals surface area (Å²) in [4.78, 5) is 4.15. The van der Waals surface area contributed by atoms with Crippen molar-refractivity contribution in [2.24, 2.45) is 5.73 Å². The number of ether oxygens (including phenoxy) is 1. The smallest absolute Gasteiger partial charge is 0.213 e. The summed E-state index contributed by atoms with van der Waals surface area (Å²) in [5, 5.41) is 7.30. The molecule has 4 nitrogen and oxygen atoms in total. The molecular formula is C14H23N3O. The Morgan fingerprint density at radius 2 is 1.94 bits per heavy atom. The van der Waals surface area contributed by atoms with E-state index in [2.05, 4.69) is 11.9 Å². The molecule has 1 rings (SSSR count). The largest absolute Gasteiger partial charge is 0.478 e. The molecule has 4 heteroatoms. The van der Waals surface area contributed by atoms with Crippen LogP contribution < -0.4 is 10.5 Å². The highest BCUT2D eigenvalue weighted by Gasteiger charge is 2.00. The van der Waals surface area contributed by atoms with Crippen molar-refractivity contribution in [2.45, 2.75) is 45.4 Å². The van der Waals surface area contributed by atoms with Gasteiger partial charge in [0, 0.05) is 6.07 Å². The molecule has 0 aliphatic heterocycles. The van der Waals surface area contributed by atoms with Crippen molar-refractivity contribution in [2.75, 3.05) is 6.61 Å². The third kappa shape index (κ3) is 5.66. The Hall–Kier alpha value is -1.58. The predicted octanol–water partition coefficient (Wildman–Crippen LogP) is 3.10. The first-order valence-corrected chi connectivity index (χ1v) is 6.68. The number of hydrogen-bond donors (Lipinski definition) is 2. The number of amidine groups is 1. The standard InChI is InChI=1S/C14H23N3O/c1-2-3-4-5-6-7-11-18-13-10-8-9-12(17-13)14(15)16/h8-10H,2-7,11H2,1H3,(H3,15,16). The minimum Gasteiger partial charge on any atom is -0.478 e. The molecule has 0 amide bonds. The van der Waals surface area contributed by atoms with E-state index in [1.807, 2.05) is 0 Å². The zero-order valence-electron chi connectivity index (χ0n) is 11.1. The molecule has 1 aromatic rings. The van der Waals surface area contributed by atoms with Crippen molar-refractivity contribution in [1.29, 1.82) is 5.41 Å². The van der Waals surface area contributed by atoms with Crippen LogP contribution in [0.25, 0.3) is 0 Å². The number of nitrogen functional groups attached to an aromatic ring is 1. The summed E-state index contributed by atoms with van der Waals surface area (Å²) in [5.74, 6) is 0.524. The van der Waals surface area contributed by atoms with E-state index in [0.29, 0.717) is 18.2 Å². The van der Waals surface area contributed by atoms with Gasteiger partial charge in [0.05, 0.1) is 6.61 Å². The van der Waals surface area contributed by atoms with Gasteiger partial charge in [-0.1, -0.05) is 45.1 Å². The van der Waals surface area contributed by atoms with Crippen LogP contribution in [0, 0.1) is 5.41 Å². The van der Waals surface area contributed by atoms with Crippen LogP contribution in [0.5, 0.6) is 5.88 Å². The van der Waals surface area contributed by atoms with Crippen molar-refractivity contribution in [3.8, 4) is 5.88 Å². The highest BCUT2D eigenvalue weighted by atomic mass is 16.5. The van der Waals surface area contributed by atoms with Crippen LogP contribution in [0.3, 0.4) is 0 Å². The molecule has 0 spiro atoms. The fourth-order valence-electron chi connectivity index (χ4n) is 1.70. The quantitative estimate of drug-likeness (QED) is 0.401. The summed E-state index contributed by atoms with van der Waals surface area (Å²) >= 11 is 0. The van der Waals surface area contributed by atoms with Crippen LogP contribution in [0.4, 0.5) is 0 Å². The van der Waals surface area contributed by atoms with Crippen molar-refractivity contribution in [3.05, 3.63) is 23.9 Å². The maximum atomic E-state index is 7.30. The number of nitrogens with one attached hydrogen (secondary N) is 1. The first-order chi connectivity index (χ1) is 8.74. The number of aromatic nitrogens is 1. The predicted molar refractivity (Wildman–Crippen MR) is 74.1 cm³/mol. The Balaban J connectivity index is 2.19. The summed E-state index contributed by atoms with van der Waals surface area (Å²) in [6, 6.07) is 5.31. The molecule has 0 fully saturated rings. The molecule has 0 aliphatic rings. The second-order valence-electron chi connectivity index (χ2n) is 4.39. The molecule has 0 aromatic carbocycles. The Morgan fingerprint density at radius 3 is 2.67 bits per heavy atom. The van der Waals surface area contributed by atoms with E-state index in [9.17, 15) is 0 Å². The molecule has 0 unspecified atom stereocenters. The van der Waals surface area contributed by atoms with Crippen LogP contribution in [-0.4, -0.2) is 17.4 Å². The van der Waals surface area contributed by atoms with Crippen molar-refractivity contribution in [1.82, 2.24) is 4.98 Å². The highest BCUT2D eigenvalue weighted by molar-refractivity contribution is 5.93. The lowest BCUT2D eigenvalue weighted by atomic mass is 10.1. The molecule has 0 bridgehead atoms. The van der Waals surface area contributed by atoms with Crippen LogP contribution >= 0.6 is 0 Å². The molecule has 0 saturated heterocycles. The third-order valence-corrected chi connectivity index (χ3v) is 2.75. The molecule has 0 aliphatic carbocycles. The van der Waals surface area contributed by atoms with Gasteiger partial charge in [-0.15, -0.1) is 0 Å². The zero-order chi connectivity index (χ0) is 13.2. The van der Waals surface area contributed by atoms with Crippen molar-refractivity contribution >= 4 is 5.84 Å². The van der Waals surface area contributed by atoms with Gasteiger partial charge in [0.25, 0.3) is 0 Å². The fourth-order valence-corrected chi connectivity index (χ4v) is 1.70. The van der Waals surface area contributed by atoms with Gasteiger partial charge in [-0.2, -0.15) is 0 Å². The van der Waals surface area contributed by atoms with E-state index in [1.54, 1.807) is 18.2 Å². The molecule has 1 aromatic heterocycles. The number of nitrogens with zero attached hydrogens (tertiary/aromatic N) is 1. The highest BCUT2D eigenvalue weighted by Crippen LogP contribution is 2.09. The van der Waals surface area contributed by atoms with Crippen LogP contribution in [-0.2, 0) is 0 Å². The lowest BCUT2D eigenvalue weighted by Crippen LogP contribution is -2.13. The summed E-state index contributed by atoms with van der Waals surface area (Å²) < 4.78 is 5.54. The van der Waals surface area contributed by atoms with Gasteiger partial charge in [0.15, 0.2) is 0 Å². The number of pyridine rings is 1. The van der Waals surface area contributed by atoms with Gasteiger partial charge in [-0.25, -0.2) is 4.98 Å². The minimum absolute atomic E-state index is 0.0278. The molecular weight excluding hydrogens is 226 g/mol. The SMILES string of the molecule is CCCCCCCCOc1cccc(C(=N)N)n1. The number of nitrogens with two attached hydrogens (primary N) is 1. The normalized spacial score (nSPS) is 10.3. The lowest BCUT2D eigenvalue weighted by Gasteiger charge is -2.06. The monoisotopic (exact) mass is 249 g/mol. The Kier molecular flexibility index (Phi) is 6.84. The summed E-state index contributed by atoms with van der Waals surface area (Å²) in [5.41, 5.74) is 5.84. The lowest BCUT2D eigenvalue weighted by molar-refractivity contribution is 0.293. The second kappa shape index (κ2) is 8.50. The van der Waals surface area contributed by atoms with E-state index >= 15 is 0 Å². The number of unbranched alkanes of at least 4 members (excludes halogenated alkanes) is 5. The first kappa shape index (κ1) is 14.5. The van der Waals surface area contributed by atoms with Crippen molar-refractivity contribution < 1.29 is 4.74 Å². The first-order valence-electron chi connectivity index (χ1n) is 6.68. The molecule has 1 heterocycles. The summed E-state index contributed by atoms with van der Waals surface area (Å²) in [6.45, 7) is 2.90. The van der Waals surface area contributed by atoms with Gasteiger partial charge in [-0.05, 0) is 12.5 Å². The van der Waals surface area contributed by atoms with Crippen LogP contribution in [0.2, 0.25) is 0 Å². The van der Waals surface area contributed by atoms with Crippen LogP contribution in [0.15, 0.2) is 18.2 Å². The molecule has 0 radical (unpaired) electrons. The van der Waals surface area contributed by atoms with E-state index < -0.39 is 0 Å². The molecule has 100 valence electrons. The van der Waals surface area contributed by atoms with E-state index in [4.69, 9.17) is 15.9 Å². The van der Waals surface area contributed by atoms with Crippen molar-refractivity contribution in [3.63, 3.8) is 0 Å². The zero-order valence-corrected chi connectivity index (χ0v) is 11.1. The Labute approximate surface area is 109 Å². The van der Waals surface area contributed by atoms with E-state index in [0.717, 1.165) is 6.42 Å². The maximum Gasteiger partial charge on any atom is 0.213 e. The van der Waals surface area contributed by atoms with Crippen LogP contribution in [0.1, 0.15) is 51.1 Å². The number of rotatable bonds is 9. The summed E-state index contributed by atoms with van der Waals surface area (Å²) in [7, 11) is 0. The Bertz CT molecular complexity index is 366. The van der Waals surface area contributed by atoms with E-state index in [1.165, 1.54) is 32.1 Å². The van der Waals surface area contributed by atoms with Gasteiger partial charge in [0.2, 0.25) is 5.88 Å². The molecule has 0 atom stereocenters. The maximum absolute atomic E-state index is 7.30. The molecule has 3 N–H and O–H groups in total.